The van der Waals surface area contributed by atoms with Gasteiger partial charge < -0.3 is 0 Å². The number of hydrogen-bond acceptors (Lipinski definition) is 0. The fourth-order valence-corrected chi connectivity index (χ4v) is 2.10. The first-order chi connectivity index (χ1) is 8.22. The maximum atomic E-state index is 3.83. The summed E-state index contributed by atoms with van der Waals surface area (Å²) in [6, 6.07) is 15.1. The van der Waals surface area contributed by atoms with Crippen LogP contribution in [0.15, 0.2) is 55.1 Å². The van der Waals surface area contributed by atoms with E-state index in [1.165, 1.54) is 27.8 Å². The Balaban J connectivity index is 2.53. The van der Waals surface area contributed by atoms with Gasteiger partial charge in [-0.25, -0.2) is 0 Å². The van der Waals surface area contributed by atoms with Crippen molar-refractivity contribution in [2.45, 2.75) is 20.3 Å². The Morgan fingerprint density at radius 3 is 2.35 bits per heavy atom. The Morgan fingerprint density at radius 2 is 1.71 bits per heavy atom. The van der Waals surface area contributed by atoms with E-state index < -0.39 is 0 Å². The fraction of sp³-hybridized carbons (Fsp3) is 0.176. The molecule has 2 rings (SSSR count). The molecule has 0 aromatic heterocycles. The average molecular weight is 222 g/mol. The molecule has 0 bridgehead atoms. The first-order valence-electron chi connectivity index (χ1n) is 5.99. The van der Waals surface area contributed by atoms with Crippen LogP contribution in [0.25, 0.3) is 11.1 Å². The molecule has 0 atom stereocenters. The molecule has 0 nitrogen and oxygen atoms in total. The highest BCUT2D eigenvalue weighted by Crippen LogP contribution is 2.25. The van der Waals surface area contributed by atoms with Crippen LogP contribution < -0.4 is 0 Å². The zero-order valence-electron chi connectivity index (χ0n) is 10.5. The summed E-state index contributed by atoms with van der Waals surface area (Å²) < 4.78 is 0. The van der Waals surface area contributed by atoms with Crippen molar-refractivity contribution >= 4 is 0 Å². The zero-order chi connectivity index (χ0) is 12.3. The number of hydrogen-bond donors (Lipinski definition) is 0. The van der Waals surface area contributed by atoms with E-state index >= 15 is 0 Å². The average Bonchev–Trinajstić information content (AvgIpc) is 2.36. The first-order valence-corrected chi connectivity index (χ1v) is 5.99. The van der Waals surface area contributed by atoms with Gasteiger partial charge in [-0.3, -0.25) is 0 Å². The van der Waals surface area contributed by atoms with Crippen molar-refractivity contribution in [1.82, 2.24) is 0 Å². The molecule has 0 radical (unpaired) electrons. The third-order valence-corrected chi connectivity index (χ3v) is 3.25. The standard InChI is InChI=1S/C17H18/c1-4-8-16-12-17(11-13(2)14(16)3)15-9-6-5-7-10-15/h4-7,9-12H,1,8H2,2-3H3. The van der Waals surface area contributed by atoms with Crippen LogP contribution in [0.3, 0.4) is 0 Å². The maximum Gasteiger partial charge on any atom is -0.00972 e. The topological polar surface area (TPSA) is 0 Å². The zero-order valence-corrected chi connectivity index (χ0v) is 10.5. The Hall–Kier alpha value is -1.82. The van der Waals surface area contributed by atoms with Crippen LogP contribution in [0.2, 0.25) is 0 Å². The maximum absolute atomic E-state index is 3.83. The molecule has 0 saturated carbocycles. The lowest BCUT2D eigenvalue weighted by atomic mass is 9.94. The van der Waals surface area contributed by atoms with Crippen LogP contribution in [0.1, 0.15) is 16.7 Å². The quantitative estimate of drug-likeness (QED) is 0.660. The van der Waals surface area contributed by atoms with Gasteiger partial charge in [0.15, 0.2) is 0 Å². The number of allylic oxidation sites excluding steroid dienone is 1. The SMILES string of the molecule is C=CCc1cc(-c2ccccc2)cc(C)c1C. The molecular formula is C17H18. The van der Waals surface area contributed by atoms with Crippen molar-refractivity contribution in [3.05, 3.63) is 71.8 Å². The highest BCUT2D eigenvalue weighted by Gasteiger charge is 2.04. The Morgan fingerprint density at radius 1 is 1.00 bits per heavy atom. The van der Waals surface area contributed by atoms with E-state index in [9.17, 15) is 0 Å². The molecule has 0 aliphatic heterocycles. The van der Waals surface area contributed by atoms with Crippen LogP contribution >= 0.6 is 0 Å². The first kappa shape index (κ1) is 11.7. The minimum absolute atomic E-state index is 0.938. The van der Waals surface area contributed by atoms with Crippen molar-refractivity contribution in [3.8, 4) is 11.1 Å². The van der Waals surface area contributed by atoms with E-state index in [2.05, 4.69) is 62.9 Å². The summed E-state index contributed by atoms with van der Waals surface area (Å²) in [4.78, 5) is 0. The van der Waals surface area contributed by atoms with Gasteiger partial charge in [0.05, 0.1) is 0 Å². The molecule has 0 aliphatic rings. The summed E-state index contributed by atoms with van der Waals surface area (Å²) in [6.07, 6.45) is 2.91. The summed E-state index contributed by atoms with van der Waals surface area (Å²) in [5.41, 5.74) is 6.68. The second-order valence-electron chi connectivity index (χ2n) is 4.44. The summed E-state index contributed by atoms with van der Waals surface area (Å²) in [7, 11) is 0. The third-order valence-electron chi connectivity index (χ3n) is 3.25. The second kappa shape index (κ2) is 5.01. The summed E-state index contributed by atoms with van der Waals surface area (Å²) >= 11 is 0. The van der Waals surface area contributed by atoms with E-state index in [0.29, 0.717) is 0 Å². The molecule has 0 N–H and O–H groups in total. The van der Waals surface area contributed by atoms with Gasteiger partial charge in [0.2, 0.25) is 0 Å². The lowest BCUT2D eigenvalue weighted by Gasteiger charge is -2.11. The van der Waals surface area contributed by atoms with Crippen molar-refractivity contribution in [2.24, 2.45) is 0 Å². The van der Waals surface area contributed by atoms with E-state index in [4.69, 9.17) is 0 Å². The van der Waals surface area contributed by atoms with E-state index in [1.54, 1.807) is 0 Å². The van der Waals surface area contributed by atoms with Gasteiger partial charge in [-0.2, -0.15) is 0 Å². The van der Waals surface area contributed by atoms with Gasteiger partial charge in [0, 0.05) is 0 Å². The smallest absolute Gasteiger partial charge is 0.00972 e. The molecule has 0 amide bonds. The molecule has 0 heterocycles. The van der Waals surface area contributed by atoms with Gasteiger partial charge in [-0.05, 0) is 48.1 Å². The predicted molar refractivity (Wildman–Crippen MR) is 75.3 cm³/mol. The van der Waals surface area contributed by atoms with Gasteiger partial charge in [-0.15, -0.1) is 6.58 Å². The molecule has 2 aromatic carbocycles. The number of aryl methyl sites for hydroxylation is 1. The van der Waals surface area contributed by atoms with Crippen molar-refractivity contribution in [1.29, 1.82) is 0 Å². The molecule has 0 spiro atoms. The minimum Gasteiger partial charge on any atom is -0.103 e. The van der Waals surface area contributed by atoms with Crippen LogP contribution in [-0.2, 0) is 6.42 Å². The largest absolute Gasteiger partial charge is 0.103 e. The Bertz CT molecular complexity index is 521. The summed E-state index contributed by atoms with van der Waals surface area (Å²) in [5.74, 6) is 0. The number of benzene rings is 2. The van der Waals surface area contributed by atoms with Crippen molar-refractivity contribution in [3.63, 3.8) is 0 Å². The lowest BCUT2D eigenvalue weighted by molar-refractivity contribution is 1.18. The molecular weight excluding hydrogens is 204 g/mol. The molecule has 17 heavy (non-hydrogen) atoms. The van der Waals surface area contributed by atoms with E-state index in [0.717, 1.165) is 6.42 Å². The molecule has 0 saturated heterocycles. The van der Waals surface area contributed by atoms with Crippen molar-refractivity contribution < 1.29 is 0 Å². The van der Waals surface area contributed by atoms with Gasteiger partial charge in [-0.1, -0.05) is 48.5 Å². The summed E-state index contributed by atoms with van der Waals surface area (Å²) in [6.45, 7) is 8.19. The Kier molecular flexibility index (Phi) is 3.43. The fourth-order valence-electron chi connectivity index (χ4n) is 2.10. The van der Waals surface area contributed by atoms with Crippen LogP contribution in [-0.4, -0.2) is 0 Å². The molecule has 0 unspecified atom stereocenters. The van der Waals surface area contributed by atoms with E-state index in [-0.39, 0.29) is 0 Å². The van der Waals surface area contributed by atoms with Crippen LogP contribution in [0, 0.1) is 13.8 Å². The molecule has 86 valence electrons. The highest BCUT2D eigenvalue weighted by atomic mass is 14.1. The van der Waals surface area contributed by atoms with Gasteiger partial charge in [0.1, 0.15) is 0 Å². The van der Waals surface area contributed by atoms with E-state index in [1.807, 2.05) is 6.08 Å². The second-order valence-corrected chi connectivity index (χ2v) is 4.44. The number of rotatable bonds is 3. The molecule has 0 heteroatoms. The normalized spacial score (nSPS) is 10.2. The van der Waals surface area contributed by atoms with Gasteiger partial charge >= 0.3 is 0 Å². The van der Waals surface area contributed by atoms with Crippen LogP contribution in [0.5, 0.6) is 0 Å². The third kappa shape index (κ3) is 2.47. The summed E-state index contributed by atoms with van der Waals surface area (Å²) in [5, 5.41) is 0. The monoisotopic (exact) mass is 222 g/mol. The highest BCUT2D eigenvalue weighted by molar-refractivity contribution is 5.66. The molecule has 2 aromatic rings. The lowest BCUT2D eigenvalue weighted by Crippen LogP contribution is -1.92. The minimum atomic E-state index is 0.938. The van der Waals surface area contributed by atoms with Crippen LogP contribution in [0.4, 0.5) is 0 Å². The van der Waals surface area contributed by atoms with Gasteiger partial charge in [0.25, 0.3) is 0 Å². The van der Waals surface area contributed by atoms with Crippen molar-refractivity contribution in [2.75, 3.05) is 0 Å². The Labute approximate surface area is 104 Å². The predicted octanol–water partition coefficient (Wildman–Crippen LogP) is 4.70. The molecule has 0 fully saturated rings. The molecule has 0 aliphatic carbocycles.